The monoisotopic (exact) mass is 292 g/mol. The number of nitrogens with zero attached hydrogens (tertiary/aromatic N) is 2. The van der Waals surface area contributed by atoms with Crippen LogP contribution in [-0.4, -0.2) is 28.8 Å². The van der Waals surface area contributed by atoms with E-state index < -0.39 is 5.97 Å². The van der Waals surface area contributed by atoms with Gasteiger partial charge in [-0.25, -0.2) is 4.79 Å². The predicted octanol–water partition coefficient (Wildman–Crippen LogP) is 3.29. The Kier molecular flexibility index (Phi) is 3.14. The van der Waals surface area contributed by atoms with Crippen molar-refractivity contribution in [3.63, 3.8) is 0 Å². The second-order valence-electron chi connectivity index (χ2n) is 4.85. The van der Waals surface area contributed by atoms with Gasteiger partial charge in [0.1, 0.15) is 0 Å². The van der Waals surface area contributed by atoms with Crippen LogP contribution in [-0.2, 0) is 0 Å². The number of anilines is 1. The fourth-order valence-electron chi connectivity index (χ4n) is 2.30. The number of aromatic nitrogens is 1. The first-order valence-corrected chi connectivity index (χ1v) is 6.71. The van der Waals surface area contributed by atoms with E-state index in [0.717, 1.165) is 13.0 Å². The molecule has 1 aliphatic rings. The number of rotatable bonds is 3. The number of benzene rings is 1. The van der Waals surface area contributed by atoms with Crippen LogP contribution in [0.4, 0.5) is 5.82 Å². The van der Waals surface area contributed by atoms with Gasteiger partial charge in [-0.1, -0.05) is 16.8 Å². The van der Waals surface area contributed by atoms with Crippen molar-refractivity contribution in [1.82, 2.24) is 5.16 Å². The van der Waals surface area contributed by atoms with Gasteiger partial charge in [0.05, 0.1) is 0 Å². The van der Waals surface area contributed by atoms with Crippen molar-refractivity contribution in [3.05, 3.63) is 34.9 Å². The molecule has 1 N–H and O–H groups in total. The molecule has 0 saturated carbocycles. The van der Waals surface area contributed by atoms with E-state index >= 15 is 0 Å². The molecule has 0 bridgehead atoms. The lowest BCUT2D eigenvalue weighted by atomic mass is 10.0. The van der Waals surface area contributed by atoms with E-state index in [4.69, 9.17) is 16.1 Å². The van der Waals surface area contributed by atoms with Gasteiger partial charge in [0.2, 0.25) is 0 Å². The average molecular weight is 293 g/mol. The van der Waals surface area contributed by atoms with Crippen LogP contribution in [0.25, 0.3) is 11.3 Å². The molecule has 0 spiro atoms. The molecule has 0 amide bonds. The maximum absolute atomic E-state index is 11.5. The molecule has 20 heavy (non-hydrogen) atoms. The van der Waals surface area contributed by atoms with E-state index in [1.165, 1.54) is 0 Å². The number of carbonyl (C=O) groups is 1. The van der Waals surface area contributed by atoms with Crippen molar-refractivity contribution >= 4 is 23.4 Å². The van der Waals surface area contributed by atoms with Gasteiger partial charge in [-0.15, -0.1) is 0 Å². The number of aromatic carboxylic acids is 1. The van der Waals surface area contributed by atoms with E-state index in [2.05, 4.69) is 5.16 Å². The van der Waals surface area contributed by atoms with Gasteiger partial charge in [-0.3, -0.25) is 0 Å². The molecule has 2 aromatic rings. The molecule has 1 atom stereocenters. The molecule has 0 radical (unpaired) electrons. The highest BCUT2D eigenvalue weighted by Gasteiger charge is 2.33. The maximum atomic E-state index is 11.5. The lowest BCUT2D eigenvalue weighted by molar-refractivity contribution is 0.0697. The molecule has 2 heterocycles. The Hall–Kier alpha value is -2.01. The number of hydrogen-bond acceptors (Lipinski definition) is 4. The van der Waals surface area contributed by atoms with Crippen LogP contribution in [0.15, 0.2) is 28.8 Å². The summed E-state index contributed by atoms with van der Waals surface area (Å²) >= 11 is 5.84. The first-order chi connectivity index (χ1) is 9.58. The summed E-state index contributed by atoms with van der Waals surface area (Å²) in [6.07, 6.45) is 1.03. The van der Waals surface area contributed by atoms with Gasteiger partial charge in [-0.2, -0.15) is 0 Å². The molecule has 0 aliphatic carbocycles. The van der Waals surface area contributed by atoms with Crippen molar-refractivity contribution in [1.29, 1.82) is 0 Å². The first kappa shape index (κ1) is 13.0. The van der Waals surface area contributed by atoms with E-state index in [9.17, 15) is 9.90 Å². The average Bonchev–Trinajstić information content (AvgIpc) is 2.82. The van der Waals surface area contributed by atoms with Crippen LogP contribution in [0.2, 0.25) is 5.02 Å². The largest absolute Gasteiger partial charge is 0.477 e. The Morgan fingerprint density at radius 2 is 2.15 bits per heavy atom. The number of carboxylic acid groups (broad SMARTS) is 1. The second-order valence-corrected chi connectivity index (χ2v) is 5.29. The van der Waals surface area contributed by atoms with Crippen LogP contribution in [0.3, 0.4) is 0 Å². The molecule has 1 aromatic carbocycles. The van der Waals surface area contributed by atoms with E-state index in [-0.39, 0.29) is 17.4 Å². The minimum absolute atomic E-state index is 0.110. The normalized spacial score (nSPS) is 17.9. The summed E-state index contributed by atoms with van der Waals surface area (Å²) < 4.78 is 5.27. The molecule has 3 rings (SSSR count). The molecular weight excluding hydrogens is 280 g/mol. The Morgan fingerprint density at radius 3 is 2.65 bits per heavy atom. The number of carboxylic acids is 1. The van der Waals surface area contributed by atoms with Crippen LogP contribution >= 0.6 is 11.6 Å². The zero-order chi connectivity index (χ0) is 14.3. The van der Waals surface area contributed by atoms with Crippen LogP contribution in [0, 0.1) is 0 Å². The molecule has 1 fully saturated rings. The summed E-state index contributed by atoms with van der Waals surface area (Å²) in [5, 5.41) is 14.0. The Labute approximate surface area is 120 Å². The molecule has 1 saturated heterocycles. The summed E-state index contributed by atoms with van der Waals surface area (Å²) in [6.45, 7) is 2.83. The molecule has 104 valence electrons. The minimum atomic E-state index is -1.04. The number of halogens is 1. The van der Waals surface area contributed by atoms with Gasteiger partial charge in [0, 0.05) is 23.2 Å². The van der Waals surface area contributed by atoms with Gasteiger partial charge < -0.3 is 14.5 Å². The maximum Gasteiger partial charge on any atom is 0.343 e. The highest BCUT2D eigenvalue weighted by atomic mass is 35.5. The molecule has 5 nitrogen and oxygen atoms in total. The summed E-state index contributed by atoms with van der Waals surface area (Å²) in [5.74, 6) is -0.366. The van der Waals surface area contributed by atoms with E-state index in [1.54, 1.807) is 24.3 Å². The second kappa shape index (κ2) is 4.83. The van der Waals surface area contributed by atoms with Crippen LogP contribution in [0.5, 0.6) is 0 Å². The van der Waals surface area contributed by atoms with Gasteiger partial charge in [0.25, 0.3) is 0 Å². The summed E-state index contributed by atoms with van der Waals surface area (Å²) in [6, 6.07) is 7.11. The van der Waals surface area contributed by atoms with Crippen molar-refractivity contribution in [3.8, 4) is 11.3 Å². The lowest BCUT2D eigenvalue weighted by Crippen LogP contribution is -2.46. The van der Waals surface area contributed by atoms with Crippen LogP contribution in [0.1, 0.15) is 23.7 Å². The molecule has 1 unspecified atom stereocenters. The fourth-order valence-corrected chi connectivity index (χ4v) is 2.43. The van der Waals surface area contributed by atoms with Crippen molar-refractivity contribution in [2.45, 2.75) is 19.4 Å². The zero-order valence-corrected chi connectivity index (χ0v) is 11.6. The summed E-state index contributed by atoms with van der Waals surface area (Å²) in [7, 11) is 0. The summed E-state index contributed by atoms with van der Waals surface area (Å²) in [5.41, 5.74) is 0.762. The van der Waals surface area contributed by atoms with Gasteiger partial charge in [-0.05, 0) is 37.6 Å². The van der Waals surface area contributed by atoms with Crippen molar-refractivity contribution < 1.29 is 14.4 Å². The van der Waals surface area contributed by atoms with Crippen molar-refractivity contribution in [2.75, 3.05) is 11.4 Å². The predicted molar refractivity (Wildman–Crippen MR) is 75.3 cm³/mol. The molecule has 1 aromatic heterocycles. The Bertz CT molecular complexity index is 651. The SMILES string of the molecule is CC1CCN1c1noc(-c2ccc(Cl)cc2)c1C(=O)O. The van der Waals surface area contributed by atoms with Gasteiger partial charge >= 0.3 is 5.97 Å². The summed E-state index contributed by atoms with van der Waals surface area (Å²) in [4.78, 5) is 13.5. The third-order valence-electron chi connectivity index (χ3n) is 3.59. The standard InChI is InChI=1S/C14H13ClN2O3/c1-8-6-7-17(8)13-11(14(18)19)12(20-16-13)9-2-4-10(15)5-3-9/h2-5,8H,6-7H2,1H3,(H,18,19). The Balaban J connectivity index is 2.07. The zero-order valence-electron chi connectivity index (χ0n) is 10.8. The third kappa shape index (κ3) is 2.04. The smallest absolute Gasteiger partial charge is 0.343 e. The Morgan fingerprint density at radius 1 is 1.45 bits per heavy atom. The third-order valence-corrected chi connectivity index (χ3v) is 3.84. The first-order valence-electron chi connectivity index (χ1n) is 6.33. The number of hydrogen-bond donors (Lipinski definition) is 1. The fraction of sp³-hybridized carbons (Fsp3) is 0.286. The topological polar surface area (TPSA) is 66.6 Å². The molecular formula is C14H13ClN2O3. The highest BCUT2D eigenvalue weighted by molar-refractivity contribution is 6.30. The van der Waals surface area contributed by atoms with Crippen molar-refractivity contribution in [2.24, 2.45) is 0 Å². The van der Waals surface area contributed by atoms with E-state index in [1.807, 2.05) is 11.8 Å². The quantitative estimate of drug-likeness (QED) is 0.940. The van der Waals surface area contributed by atoms with Gasteiger partial charge in [0.15, 0.2) is 17.1 Å². The van der Waals surface area contributed by atoms with Crippen LogP contribution < -0.4 is 4.90 Å². The minimum Gasteiger partial charge on any atom is -0.477 e. The lowest BCUT2D eigenvalue weighted by Gasteiger charge is -2.38. The molecule has 1 aliphatic heterocycles. The molecule has 6 heteroatoms. The highest BCUT2D eigenvalue weighted by Crippen LogP contribution is 2.35. The van der Waals surface area contributed by atoms with E-state index in [0.29, 0.717) is 16.4 Å².